The van der Waals surface area contributed by atoms with E-state index < -0.39 is 0 Å². The zero-order chi connectivity index (χ0) is 12.6. The van der Waals surface area contributed by atoms with Gasteiger partial charge in [-0.2, -0.15) is 0 Å². The van der Waals surface area contributed by atoms with Crippen LogP contribution in [0.1, 0.15) is 17.8 Å². The van der Waals surface area contributed by atoms with Crippen LogP contribution in [0.15, 0.2) is 18.2 Å². The number of benzene rings is 1. The molecule has 96 valence electrons. The first-order valence-electron chi connectivity index (χ1n) is 6.08. The summed E-state index contributed by atoms with van der Waals surface area (Å²) in [6.07, 6.45) is 1.91. The highest BCUT2D eigenvalue weighted by atomic mass is 35.5. The lowest BCUT2D eigenvalue weighted by Crippen LogP contribution is -2.40. The Hall–Kier alpha value is -0.680. The van der Waals surface area contributed by atoms with Gasteiger partial charge in [-0.05, 0) is 31.0 Å². The van der Waals surface area contributed by atoms with Crippen molar-refractivity contribution in [1.82, 2.24) is 4.98 Å². The molecule has 0 atom stereocenters. The summed E-state index contributed by atoms with van der Waals surface area (Å²) in [6, 6.07) is 5.85. The first-order chi connectivity index (χ1) is 8.73. The molecule has 1 aromatic carbocycles. The normalized spacial score (nSPS) is 19.2. The fraction of sp³-hybridized carbons (Fsp3) is 0.462. The number of aromatic nitrogens is 1. The number of thiazole rings is 1. The molecule has 1 aromatic heterocycles. The minimum absolute atomic E-state index is 0.00554. The Morgan fingerprint density at radius 2 is 2.17 bits per heavy atom. The smallest absolute Gasteiger partial charge is 0.101 e. The Labute approximate surface area is 115 Å². The number of fused-ring (bicyclic) bond motifs is 1. The van der Waals surface area contributed by atoms with Crippen molar-refractivity contribution in [3.63, 3.8) is 0 Å². The largest absolute Gasteiger partial charge is 0.381 e. The summed E-state index contributed by atoms with van der Waals surface area (Å²) in [5.41, 5.74) is 6.98. The average Bonchev–Trinajstić information content (AvgIpc) is 2.83. The quantitative estimate of drug-likeness (QED) is 0.921. The summed E-state index contributed by atoms with van der Waals surface area (Å²) in [6.45, 7) is 2.17. The lowest BCUT2D eigenvalue weighted by molar-refractivity contribution is 0.0529. The fourth-order valence-corrected chi connectivity index (χ4v) is 3.76. The molecule has 1 fully saturated rings. The van der Waals surface area contributed by atoms with E-state index >= 15 is 0 Å². The van der Waals surface area contributed by atoms with Crippen molar-refractivity contribution in [3.05, 3.63) is 28.2 Å². The third-order valence-corrected chi connectivity index (χ3v) is 5.16. The topological polar surface area (TPSA) is 48.1 Å². The molecular weight excluding hydrogens is 268 g/mol. The third kappa shape index (κ3) is 2.03. The maximum atomic E-state index is 6.01. The molecule has 18 heavy (non-hydrogen) atoms. The van der Waals surface area contributed by atoms with E-state index in [-0.39, 0.29) is 5.41 Å². The molecule has 3 nitrogen and oxygen atoms in total. The molecule has 0 saturated carbocycles. The van der Waals surface area contributed by atoms with Crippen molar-refractivity contribution in [2.75, 3.05) is 19.8 Å². The molecule has 2 N–H and O–H groups in total. The number of hydrogen-bond acceptors (Lipinski definition) is 4. The summed E-state index contributed by atoms with van der Waals surface area (Å²) in [7, 11) is 0. The highest BCUT2D eigenvalue weighted by Crippen LogP contribution is 2.38. The van der Waals surface area contributed by atoms with E-state index in [0.29, 0.717) is 6.54 Å². The van der Waals surface area contributed by atoms with Crippen molar-refractivity contribution in [2.45, 2.75) is 18.3 Å². The molecule has 5 heteroatoms. The van der Waals surface area contributed by atoms with E-state index in [0.717, 1.165) is 41.6 Å². The van der Waals surface area contributed by atoms with Gasteiger partial charge in [0, 0.05) is 30.2 Å². The minimum Gasteiger partial charge on any atom is -0.381 e. The number of nitrogens with two attached hydrogens (primary N) is 1. The van der Waals surface area contributed by atoms with Crippen molar-refractivity contribution < 1.29 is 4.74 Å². The van der Waals surface area contributed by atoms with Gasteiger partial charge in [-0.3, -0.25) is 0 Å². The van der Waals surface area contributed by atoms with E-state index in [1.54, 1.807) is 11.3 Å². The van der Waals surface area contributed by atoms with Gasteiger partial charge in [0.25, 0.3) is 0 Å². The monoisotopic (exact) mass is 282 g/mol. The minimum atomic E-state index is -0.00554. The first kappa shape index (κ1) is 12.4. The Bertz CT molecular complexity index is 563. The second kappa shape index (κ2) is 4.78. The summed E-state index contributed by atoms with van der Waals surface area (Å²) in [5.74, 6) is 0. The second-order valence-electron chi connectivity index (χ2n) is 4.73. The maximum Gasteiger partial charge on any atom is 0.101 e. The van der Waals surface area contributed by atoms with Gasteiger partial charge in [0.1, 0.15) is 5.01 Å². The van der Waals surface area contributed by atoms with Gasteiger partial charge in [0.15, 0.2) is 0 Å². The Morgan fingerprint density at radius 1 is 1.39 bits per heavy atom. The predicted octanol–water partition coefficient (Wildman–Crippen LogP) is 2.96. The van der Waals surface area contributed by atoms with E-state index in [9.17, 15) is 0 Å². The van der Waals surface area contributed by atoms with Gasteiger partial charge in [-0.25, -0.2) is 4.98 Å². The zero-order valence-corrected chi connectivity index (χ0v) is 11.6. The van der Waals surface area contributed by atoms with Crippen LogP contribution in [0, 0.1) is 0 Å². The van der Waals surface area contributed by atoms with Crippen molar-refractivity contribution >= 4 is 33.2 Å². The maximum absolute atomic E-state index is 6.01. The molecule has 0 amide bonds. The molecule has 1 aliphatic rings. The summed E-state index contributed by atoms with van der Waals surface area (Å²) in [5, 5.41) is 1.86. The van der Waals surface area contributed by atoms with Crippen molar-refractivity contribution in [2.24, 2.45) is 5.73 Å². The molecule has 0 aliphatic carbocycles. The van der Waals surface area contributed by atoms with E-state index in [1.807, 2.05) is 18.2 Å². The number of hydrogen-bond donors (Lipinski definition) is 1. The number of nitrogens with zero attached hydrogens (tertiary/aromatic N) is 1. The van der Waals surface area contributed by atoms with E-state index in [4.69, 9.17) is 27.1 Å². The Kier molecular flexibility index (Phi) is 3.28. The molecule has 0 bridgehead atoms. The summed E-state index contributed by atoms with van der Waals surface area (Å²) < 4.78 is 6.62. The van der Waals surface area contributed by atoms with Crippen LogP contribution in [-0.4, -0.2) is 24.7 Å². The van der Waals surface area contributed by atoms with Crippen molar-refractivity contribution in [1.29, 1.82) is 0 Å². The van der Waals surface area contributed by atoms with Gasteiger partial charge in [0.05, 0.1) is 10.2 Å². The van der Waals surface area contributed by atoms with Gasteiger partial charge in [-0.1, -0.05) is 11.6 Å². The van der Waals surface area contributed by atoms with Crippen LogP contribution in [0.4, 0.5) is 0 Å². The lowest BCUT2D eigenvalue weighted by Gasteiger charge is -2.34. The van der Waals surface area contributed by atoms with E-state index in [2.05, 4.69) is 0 Å². The fourth-order valence-electron chi connectivity index (χ4n) is 2.39. The van der Waals surface area contributed by atoms with Crippen LogP contribution in [0.3, 0.4) is 0 Å². The molecule has 0 unspecified atom stereocenters. The van der Waals surface area contributed by atoms with Crippen LogP contribution >= 0.6 is 22.9 Å². The lowest BCUT2D eigenvalue weighted by atomic mass is 9.81. The van der Waals surface area contributed by atoms with Crippen LogP contribution < -0.4 is 5.73 Å². The average molecular weight is 283 g/mol. The summed E-state index contributed by atoms with van der Waals surface area (Å²) >= 11 is 7.73. The molecule has 1 saturated heterocycles. The van der Waals surface area contributed by atoms with Crippen LogP contribution in [0.2, 0.25) is 5.02 Å². The number of rotatable bonds is 2. The SMILES string of the molecule is NCC1(c2nc3cc(Cl)ccc3s2)CCOCC1. The highest BCUT2D eigenvalue weighted by molar-refractivity contribution is 7.18. The number of ether oxygens (including phenoxy) is 1. The molecular formula is C13H15ClN2OS. The Morgan fingerprint density at radius 3 is 2.89 bits per heavy atom. The molecule has 3 rings (SSSR count). The molecule has 2 aromatic rings. The molecule has 0 spiro atoms. The van der Waals surface area contributed by atoms with E-state index in [1.165, 1.54) is 4.70 Å². The van der Waals surface area contributed by atoms with Gasteiger partial charge >= 0.3 is 0 Å². The Balaban J connectivity index is 2.06. The van der Waals surface area contributed by atoms with Gasteiger partial charge in [0.2, 0.25) is 0 Å². The standard InChI is InChI=1S/C13H15ClN2OS/c14-9-1-2-11-10(7-9)16-12(18-11)13(8-15)3-5-17-6-4-13/h1-2,7H,3-6,8,15H2. The number of halogens is 1. The van der Waals surface area contributed by atoms with Crippen molar-refractivity contribution in [3.8, 4) is 0 Å². The molecule has 1 aliphatic heterocycles. The molecule has 0 radical (unpaired) electrons. The highest BCUT2D eigenvalue weighted by Gasteiger charge is 2.36. The predicted molar refractivity (Wildman–Crippen MR) is 75.4 cm³/mol. The molecule has 2 heterocycles. The van der Waals surface area contributed by atoms with Crippen LogP contribution in [0.25, 0.3) is 10.2 Å². The summed E-state index contributed by atoms with van der Waals surface area (Å²) in [4.78, 5) is 4.74. The third-order valence-electron chi connectivity index (χ3n) is 3.64. The first-order valence-corrected chi connectivity index (χ1v) is 7.27. The van der Waals surface area contributed by atoms with Gasteiger partial charge in [-0.15, -0.1) is 11.3 Å². The van der Waals surface area contributed by atoms with Crippen LogP contribution in [0.5, 0.6) is 0 Å². The second-order valence-corrected chi connectivity index (χ2v) is 6.19. The zero-order valence-electron chi connectivity index (χ0n) is 9.99. The van der Waals surface area contributed by atoms with Gasteiger partial charge < -0.3 is 10.5 Å². The van der Waals surface area contributed by atoms with Crippen LogP contribution in [-0.2, 0) is 10.2 Å².